The van der Waals surface area contributed by atoms with Crippen molar-refractivity contribution in [2.24, 2.45) is 0 Å². The van der Waals surface area contributed by atoms with E-state index in [0.717, 1.165) is 10.9 Å². The van der Waals surface area contributed by atoms with Gasteiger partial charge in [0, 0.05) is 16.6 Å². The van der Waals surface area contributed by atoms with E-state index in [4.69, 9.17) is 11.6 Å². The molecule has 24 heavy (non-hydrogen) atoms. The van der Waals surface area contributed by atoms with Gasteiger partial charge >= 0.3 is 0 Å². The first kappa shape index (κ1) is 15.3. The maximum atomic E-state index is 12.9. The summed E-state index contributed by atoms with van der Waals surface area (Å²) < 4.78 is 2.00. The van der Waals surface area contributed by atoms with Crippen LogP contribution in [0.2, 0.25) is 5.02 Å². The Hall–Kier alpha value is -2.28. The van der Waals surface area contributed by atoms with Gasteiger partial charge in [0.2, 0.25) is 0 Å². The molecule has 0 fully saturated rings. The summed E-state index contributed by atoms with van der Waals surface area (Å²) in [6, 6.07) is 8.75. The number of thiophene rings is 1. The van der Waals surface area contributed by atoms with E-state index in [1.807, 2.05) is 0 Å². The highest BCUT2D eigenvalue weighted by Crippen LogP contribution is 2.33. The summed E-state index contributed by atoms with van der Waals surface area (Å²) in [4.78, 5) is 22.4. The average molecular weight is 358 g/mol. The molecule has 0 aliphatic heterocycles. The zero-order chi connectivity index (χ0) is 16.8. The molecule has 1 aromatic carbocycles. The number of aliphatic hydroxyl groups is 1. The molecular weight excluding hydrogens is 346 g/mol. The lowest BCUT2D eigenvalue weighted by atomic mass is 10.1. The van der Waals surface area contributed by atoms with Gasteiger partial charge in [-0.3, -0.25) is 9.36 Å². The highest BCUT2D eigenvalue weighted by molar-refractivity contribution is 7.25. The topological polar surface area (TPSA) is 68.0 Å². The fraction of sp³-hybridized carbons (Fsp3) is 0.118. The number of aromatic nitrogens is 3. The predicted molar refractivity (Wildman–Crippen MR) is 96.2 cm³/mol. The largest absolute Gasteiger partial charge is 0.389 e. The number of pyridine rings is 1. The van der Waals surface area contributed by atoms with Gasteiger partial charge in [0.25, 0.3) is 5.56 Å². The molecular formula is C17H12ClN3O2S. The van der Waals surface area contributed by atoms with Crippen molar-refractivity contribution < 1.29 is 5.11 Å². The molecule has 4 rings (SSSR count). The molecule has 0 aliphatic rings. The van der Waals surface area contributed by atoms with Gasteiger partial charge in [-0.25, -0.2) is 9.97 Å². The van der Waals surface area contributed by atoms with Gasteiger partial charge < -0.3 is 5.11 Å². The van der Waals surface area contributed by atoms with Crippen LogP contribution in [-0.2, 0) is 0 Å². The Morgan fingerprint density at radius 2 is 1.96 bits per heavy atom. The van der Waals surface area contributed by atoms with E-state index in [9.17, 15) is 9.90 Å². The Balaban J connectivity index is 2.04. The van der Waals surface area contributed by atoms with Crippen molar-refractivity contribution in [2.75, 3.05) is 0 Å². The molecule has 3 aromatic heterocycles. The van der Waals surface area contributed by atoms with Gasteiger partial charge in [-0.2, -0.15) is 0 Å². The Morgan fingerprint density at radius 3 is 2.67 bits per heavy atom. The molecule has 0 aliphatic carbocycles. The number of hydrogen-bond acceptors (Lipinski definition) is 5. The molecule has 0 spiro atoms. The van der Waals surface area contributed by atoms with Crippen molar-refractivity contribution in [1.82, 2.24) is 14.5 Å². The first-order chi connectivity index (χ1) is 11.6. The Kier molecular flexibility index (Phi) is 3.60. The number of aliphatic hydroxyl groups excluding tert-OH is 1. The number of hydrogen-bond donors (Lipinski definition) is 1. The predicted octanol–water partition coefficient (Wildman–Crippen LogP) is 3.70. The minimum absolute atomic E-state index is 0.165. The SMILES string of the molecule is CC(O)c1ccnc2sc3c(=O)n(-c4ccc(Cl)cc4)cnc3c12. The molecule has 0 radical (unpaired) electrons. The van der Waals surface area contributed by atoms with Gasteiger partial charge in [0.1, 0.15) is 15.9 Å². The van der Waals surface area contributed by atoms with Crippen LogP contribution in [0.25, 0.3) is 26.1 Å². The summed E-state index contributed by atoms with van der Waals surface area (Å²) in [5, 5.41) is 11.3. The molecule has 0 saturated carbocycles. The van der Waals surface area contributed by atoms with Crippen molar-refractivity contribution in [3.63, 3.8) is 0 Å². The van der Waals surface area contributed by atoms with Crippen molar-refractivity contribution in [3.8, 4) is 5.69 Å². The van der Waals surface area contributed by atoms with Gasteiger partial charge in [-0.1, -0.05) is 11.6 Å². The molecule has 0 bridgehead atoms. The van der Waals surface area contributed by atoms with Crippen LogP contribution in [0.1, 0.15) is 18.6 Å². The van der Waals surface area contributed by atoms with Crippen LogP contribution in [0.3, 0.4) is 0 Å². The number of fused-ring (bicyclic) bond motifs is 3. The average Bonchev–Trinajstić information content (AvgIpc) is 2.96. The molecule has 4 aromatic rings. The quantitative estimate of drug-likeness (QED) is 0.594. The molecule has 0 saturated heterocycles. The molecule has 120 valence electrons. The van der Waals surface area contributed by atoms with Crippen molar-refractivity contribution >= 4 is 43.4 Å². The van der Waals surface area contributed by atoms with E-state index < -0.39 is 6.10 Å². The maximum Gasteiger partial charge on any atom is 0.275 e. The van der Waals surface area contributed by atoms with Crippen LogP contribution in [0.15, 0.2) is 47.7 Å². The molecule has 5 nitrogen and oxygen atoms in total. The van der Waals surface area contributed by atoms with Gasteiger partial charge in [0.05, 0.1) is 17.3 Å². The number of benzene rings is 1. The summed E-state index contributed by atoms with van der Waals surface area (Å²) in [7, 11) is 0. The highest BCUT2D eigenvalue weighted by Gasteiger charge is 2.17. The molecule has 1 unspecified atom stereocenters. The number of nitrogens with zero attached hydrogens (tertiary/aromatic N) is 3. The molecule has 0 amide bonds. The van der Waals surface area contributed by atoms with E-state index in [1.165, 1.54) is 22.2 Å². The lowest BCUT2D eigenvalue weighted by molar-refractivity contribution is 0.201. The summed E-state index contributed by atoms with van der Waals surface area (Å²) >= 11 is 7.19. The molecule has 1 atom stereocenters. The Labute approximate surface area is 145 Å². The standard InChI is InChI=1S/C17H12ClN3O2S/c1-9(22)12-6-7-19-16-13(12)14-15(24-16)17(23)21(8-20-14)11-4-2-10(18)3-5-11/h2-9,22H,1H3. The van der Waals surface area contributed by atoms with Crippen LogP contribution >= 0.6 is 22.9 Å². The minimum atomic E-state index is -0.659. The molecule has 7 heteroatoms. The van der Waals surface area contributed by atoms with Crippen molar-refractivity contribution in [1.29, 1.82) is 0 Å². The lowest BCUT2D eigenvalue weighted by Crippen LogP contribution is -2.17. The number of rotatable bonds is 2. The second-order valence-corrected chi connectivity index (χ2v) is 6.87. The smallest absolute Gasteiger partial charge is 0.275 e. The normalized spacial score (nSPS) is 12.8. The van der Waals surface area contributed by atoms with Gasteiger partial charge in [-0.15, -0.1) is 11.3 Å². The first-order valence-corrected chi connectivity index (χ1v) is 8.48. The first-order valence-electron chi connectivity index (χ1n) is 7.29. The van der Waals surface area contributed by atoms with Gasteiger partial charge in [0.15, 0.2) is 0 Å². The highest BCUT2D eigenvalue weighted by atomic mass is 35.5. The number of halogens is 1. The third-order valence-electron chi connectivity index (χ3n) is 3.87. The van der Waals surface area contributed by atoms with E-state index in [1.54, 1.807) is 43.5 Å². The molecule has 1 N–H and O–H groups in total. The summed E-state index contributed by atoms with van der Waals surface area (Å²) in [5.41, 5.74) is 1.83. The molecule has 3 heterocycles. The summed E-state index contributed by atoms with van der Waals surface area (Å²) in [5.74, 6) is 0. The monoisotopic (exact) mass is 357 g/mol. The van der Waals surface area contributed by atoms with Crippen molar-refractivity contribution in [2.45, 2.75) is 13.0 Å². The van der Waals surface area contributed by atoms with E-state index in [-0.39, 0.29) is 5.56 Å². The van der Waals surface area contributed by atoms with Gasteiger partial charge in [-0.05, 0) is 42.8 Å². The van der Waals surface area contributed by atoms with Crippen LogP contribution in [-0.4, -0.2) is 19.6 Å². The third kappa shape index (κ3) is 2.31. The lowest BCUT2D eigenvalue weighted by Gasteiger charge is -2.07. The minimum Gasteiger partial charge on any atom is -0.389 e. The summed E-state index contributed by atoms with van der Waals surface area (Å²) in [6.07, 6.45) is 2.48. The maximum absolute atomic E-state index is 12.9. The fourth-order valence-corrected chi connectivity index (χ4v) is 3.90. The van der Waals surface area contributed by atoms with Crippen molar-refractivity contribution in [3.05, 3.63) is 63.8 Å². The van der Waals surface area contributed by atoms with Crippen LogP contribution in [0, 0.1) is 0 Å². The fourth-order valence-electron chi connectivity index (χ4n) is 2.71. The Morgan fingerprint density at radius 1 is 1.21 bits per heavy atom. The van der Waals surface area contributed by atoms with Crippen LogP contribution in [0.4, 0.5) is 0 Å². The zero-order valence-corrected chi connectivity index (χ0v) is 14.2. The summed E-state index contributed by atoms with van der Waals surface area (Å²) in [6.45, 7) is 1.69. The third-order valence-corrected chi connectivity index (χ3v) is 5.20. The Bertz CT molecular complexity index is 1120. The second-order valence-electron chi connectivity index (χ2n) is 5.43. The zero-order valence-electron chi connectivity index (χ0n) is 12.6. The van der Waals surface area contributed by atoms with E-state index in [0.29, 0.717) is 25.8 Å². The second kappa shape index (κ2) is 5.66. The van der Waals surface area contributed by atoms with E-state index in [2.05, 4.69) is 9.97 Å². The van der Waals surface area contributed by atoms with E-state index >= 15 is 0 Å². The van der Waals surface area contributed by atoms with Crippen LogP contribution in [0.5, 0.6) is 0 Å². The van der Waals surface area contributed by atoms with Crippen LogP contribution < -0.4 is 5.56 Å².